The Morgan fingerprint density at radius 2 is 2.15 bits per heavy atom. The molecule has 20 heavy (non-hydrogen) atoms. The molecule has 1 aliphatic carbocycles. The van der Waals surface area contributed by atoms with Gasteiger partial charge in [0.1, 0.15) is 0 Å². The van der Waals surface area contributed by atoms with E-state index in [9.17, 15) is 10.2 Å². The summed E-state index contributed by atoms with van der Waals surface area (Å²) in [7, 11) is 1.66. The van der Waals surface area contributed by atoms with Gasteiger partial charge in [0.15, 0.2) is 6.29 Å². The fourth-order valence-electron chi connectivity index (χ4n) is 3.42. The third-order valence-corrected chi connectivity index (χ3v) is 4.60. The van der Waals surface area contributed by atoms with Crippen LogP contribution in [0.1, 0.15) is 45.4 Å². The molecule has 1 saturated heterocycles. The van der Waals surface area contributed by atoms with Crippen LogP contribution in [0, 0.1) is 11.8 Å². The van der Waals surface area contributed by atoms with Gasteiger partial charge in [-0.3, -0.25) is 0 Å². The second-order valence-electron chi connectivity index (χ2n) is 6.07. The zero-order valence-corrected chi connectivity index (χ0v) is 12.6. The van der Waals surface area contributed by atoms with E-state index in [1.807, 2.05) is 12.2 Å². The van der Waals surface area contributed by atoms with Crippen LogP contribution in [0.4, 0.5) is 0 Å². The van der Waals surface area contributed by atoms with Crippen molar-refractivity contribution in [2.45, 2.75) is 70.1 Å². The number of methoxy groups -OCH3 is 1. The maximum atomic E-state index is 10.1. The van der Waals surface area contributed by atoms with Crippen molar-refractivity contribution in [2.24, 2.45) is 11.8 Å². The lowest BCUT2D eigenvalue weighted by molar-refractivity contribution is -0.118. The summed E-state index contributed by atoms with van der Waals surface area (Å²) in [5.41, 5.74) is 0. The Balaban J connectivity index is 1.84. The van der Waals surface area contributed by atoms with Gasteiger partial charge in [0.05, 0.1) is 18.3 Å². The number of unbranched alkanes of at least 4 members (excludes halogenated alkanes) is 2. The summed E-state index contributed by atoms with van der Waals surface area (Å²) in [5, 5.41) is 20.1. The van der Waals surface area contributed by atoms with Gasteiger partial charge in [0.2, 0.25) is 0 Å². The van der Waals surface area contributed by atoms with E-state index in [0.717, 1.165) is 32.1 Å². The third kappa shape index (κ3) is 3.82. The maximum Gasteiger partial charge on any atom is 0.157 e. The van der Waals surface area contributed by atoms with Crippen molar-refractivity contribution < 1.29 is 19.7 Å². The topological polar surface area (TPSA) is 58.9 Å². The van der Waals surface area contributed by atoms with Gasteiger partial charge in [0.25, 0.3) is 0 Å². The van der Waals surface area contributed by atoms with Crippen molar-refractivity contribution in [3.05, 3.63) is 12.2 Å². The Labute approximate surface area is 121 Å². The van der Waals surface area contributed by atoms with E-state index in [4.69, 9.17) is 9.47 Å². The van der Waals surface area contributed by atoms with Crippen molar-refractivity contribution in [3.63, 3.8) is 0 Å². The largest absolute Gasteiger partial charge is 0.392 e. The molecule has 2 aliphatic rings. The normalized spacial score (nSPS) is 38.5. The summed E-state index contributed by atoms with van der Waals surface area (Å²) in [6.07, 6.45) is 8.74. The summed E-state index contributed by atoms with van der Waals surface area (Å²) in [5.74, 6) is 0.398. The van der Waals surface area contributed by atoms with Gasteiger partial charge >= 0.3 is 0 Å². The average Bonchev–Trinajstić information content (AvgIpc) is 2.93. The summed E-state index contributed by atoms with van der Waals surface area (Å²) >= 11 is 0. The number of fused-ring (bicyclic) bond motifs is 1. The molecule has 4 nitrogen and oxygen atoms in total. The predicted octanol–water partition coefficient (Wildman–Crippen LogP) is 2.24. The van der Waals surface area contributed by atoms with Crippen LogP contribution in [-0.2, 0) is 9.47 Å². The summed E-state index contributed by atoms with van der Waals surface area (Å²) in [6.45, 7) is 2.16. The molecule has 0 amide bonds. The van der Waals surface area contributed by atoms with E-state index in [1.165, 1.54) is 0 Å². The molecule has 2 rings (SSSR count). The average molecular weight is 284 g/mol. The zero-order valence-electron chi connectivity index (χ0n) is 12.6. The molecule has 2 unspecified atom stereocenters. The van der Waals surface area contributed by atoms with Gasteiger partial charge in [-0.05, 0) is 12.3 Å². The van der Waals surface area contributed by atoms with E-state index in [2.05, 4.69) is 6.92 Å². The van der Waals surface area contributed by atoms with Crippen LogP contribution in [0.3, 0.4) is 0 Å². The molecule has 4 heteroatoms. The Bertz CT molecular complexity index is 318. The fraction of sp³-hybridized carbons (Fsp3) is 0.875. The van der Waals surface area contributed by atoms with E-state index < -0.39 is 6.10 Å². The number of rotatable bonds is 7. The van der Waals surface area contributed by atoms with E-state index in [0.29, 0.717) is 12.3 Å². The summed E-state index contributed by atoms with van der Waals surface area (Å²) in [6, 6.07) is 0. The molecule has 0 bridgehead atoms. The van der Waals surface area contributed by atoms with Crippen LogP contribution >= 0.6 is 0 Å². The lowest BCUT2D eigenvalue weighted by Crippen LogP contribution is -2.19. The van der Waals surface area contributed by atoms with Gasteiger partial charge in [-0.15, -0.1) is 0 Å². The van der Waals surface area contributed by atoms with Crippen molar-refractivity contribution in [1.29, 1.82) is 0 Å². The maximum absolute atomic E-state index is 10.1. The molecular formula is C16H28O4. The Morgan fingerprint density at radius 3 is 2.85 bits per heavy atom. The van der Waals surface area contributed by atoms with Crippen LogP contribution in [0.5, 0.6) is 0 Å². The van der Waals surface area contributed by atoms with Crippen LogP contribution in [0.2, 0.25) is 0 Å². The van der Waals surface area contributed by atoms with Crippen molar-refractivity contribution >= 4 is 0 Å². The lowest BCUT2D eigenvalue weighted by atomic mass is 9.91. The van der Waals surface area contributed by atoms with Gasteiger partial charge in [-0.2, -0.15) is 0 Å². The lowest BCUT2D eigenvalue weighted by Gasteiger charge is -2.17. The quantitative estimate of drug-likeness (QED) is 0.556. The van der Waals surface area contributed by atoms with E-state index in [1.54, 1.807) is 7.11 Å². The molecule has 0 aromatic carbocycles. The highest BCUT2D eigenvalue weighted by Crippen LogP contribution is 2.44. The summed E-state index contributed by atoms with van der Waals surface area (Å²) < 4.78 is 11.0. The first-order chi connectivity index (χ1) is 9.65. The van der Waals surface area contributed by atoms with Crippen LogP contribution < -0.4 is 0 Å². The van der Waals surface area contributed by atoms with Crippen LogP contribution in [-0.4, -0.2) is 41.9 Å². The Morgan fingerprint density at radius 1 is 1.35 bits per heavy atom. The van der Waals surface area contributed by atoms with Gasteiger partial charge in [-0.1, -0.05) is 38.3 Å². The molecule has 1 aliphatic heterocycles. The number of aliphatic hydroxyl groups is 2. The van der Waals surface area contributed by atoms with Crippen molar-refractivity contribution in [3.8, 4) is 0 Å². The number of ether oxygens (including phenoxy) is 2. The first kappa shape index (κ1) is 16.0. The SMILES string of the molecule is CCCCC[C@H](O)C=CC1C(O)C[C@@H]2O[C@H](OC)C[C@H]12. The fourth-order valence-corrected chi connectivity index (χ4v) is 3.42. The van der Waals surface area contributed by atoms with Gasteiger partial charge in [-0.25, -0.2) is 0 Å². The number of aliphatic hydroxyl groups excluding tert-OH is 2. The summed E-state index contributed by atoms with van der Waals surface area (Å²) in [4.78, 5) is 0. The Hall–Kier alpha value is -0.420. The molecule has 116 valence electrons. The minimum absolute atomic E-state index is 0.0842. The first-order valence-corrected chi connectivity index (χ1v) is 7.88. The molecule has 0 aromatic heterocycles. The molecule has 0 radical (unpaired) electrons. The van der Waals surface area contributed by atoms with Gasteiger partial charge in [0, 0.05) is 25.9 Å². The second kappa shape index (κ2) is 7.55. The van der Waals surface area contributed by atoms with Crippen LogP contribution in [0.25, 0.3) is 0 Å². The highest BCUT2D eigenvalue weighted by molar-refractivity contribution is 5.06. The standard InChI is InChI=1S/C16H28O4/c1-3-4-5-6-11(17)7-8-12-13-9-16(19-2)20-15(13)10-14(12)18/h7-8,11-18H,3-6,9-10H2,1-2H3/t11-,12?,13+,14?,15-,16-/m0/s1. The molecule has 2 fully saturated rings. The van der Waals surface area contributed by atoms with Crippen LogP contribution in [0.15, 0.2) is 12.2 Å². The smallest absolute Gasteiger partial charge is 0.157 e. The van der Waals surface area contributed by atoms with Crippen molar-refractivity contribution in [2.75, 3.05) is 7.11 Å². The number of hydrogen-bond acceptors (Lipinski definition) is 4. The molecule has 0 spiro atoms. The molecule has 1 heterocycles. The van der Waals surface area contributed by atoms with E-state index >= 15 is 0 Å². The number of hydrogen-bond donors (Lipinski definition) is 2. The Kier molecular flexibility index (Phi) is 6.02. The predicted molar refractivity (Wildman–Crippen MR) is 77.2 cm³/mol. The van der Waals surface area contributed by atoms with E-state index in [-0.39, 0.29) is 24.4 Å². The highest BCUT2D eigenvalue weighted by atomic mass is 16.7. The molecule has 0 aromatic rings. The molecule has 2 N–H and O–H groups in total. The zero-order chi connectivity index (χ0) is 14.5. The second-order valence-corrected chi connectivity index (χ2v) is 6.07. The first-order valence-electron chi connectivity index (χ1n) is 7.88. The molecular weight excluding hydrogens is 256 g/mol. The van der Waals surface area contributed by atoms with Gasteiger partial charge < -0.3 is 19.7 Å². The monoisotopic (exact) mass is 284 g/mol. The highest BCUT2D eigenvalue weighted by Gasteiger charge is 2.48. The minimum Gasteiger partial charge on any atom is -0.392 e. The molecule has 6 atom stereocenters. The molecule has 1 saturated carbocycles. The minimum atomic E-state index is -0.395. The van der Waals surface area contributed by atoms with Crippen molar-refractivity contribution in [1.82, 2.24) is 0 Å². The third-order valence-electron chi connectivity index (χ3n) is 4.60.